The molecule has 5 nitrogen and oxygen atoms in total. The van der Waals surface area contributed by atoms with Gasteiger partial charge in [-0.1, -0.05) is 27.7 Å². The predicted molar refractivity (Wildman–Crippen MR) is 74.8 cm³/mol. The minimum atomic E-state index is -0.468. The Morgan fingerprint density at radius 1 is 1.26 bits per heavy atom. The molecular weight excluding hydrogens is 240 g/mol. The van der Waals surface area contributed by atoms with Crippen molar-refractivity contribution in [3.05, 3.63) is 16.8 Å². The molecule has 0 saturated carbocycles. The highest BCUT2D eigenvalue weighted by atomic mass is 16.3. The Balaban J connectivity index is 2.99. The third-order valence-corrected chi connectivity index (χ3v) is 3.21. The number of hydrogen-bond acceptors (Lipinski definition) is 5. The second-order valence-corrected chi connectivity index (χ2v) is 4.86. The maximum absolute atomic E-state index is 9.79. The predicted octanol–water partition coefficient (Wildman–Crippen LogP) is 1.90. The molecule has 0 saturated heterocycles. The van der Waals surface area contributed by atoms with E-state index >= 15 is 0 Å². The molecule has 1 aromatic rings. The van der Waals surface area contributed by atoms with E-state index in [1.54, 1.807) is 0 Å². The maximum atomic E-state index is 9.79. The van der Waals surface area contributed by atoms with Gasteiger partial charge in [-0.2, -0.15) is 10.4 Å². The van der Waals surface area contributed by atoms with Crippen LogP contribution in [0.4, 0.5) is 5.82 Å². The minimum Gasteiger partial charge on any atom is -0.391 e. The van der Waals surface area contributed by atoms with Crippen LogP contribution in [0.5, 0.6) is 0 Å². The highest BCUT2D eigenvalue weighted by Crippen LogP contribution is 2.20. The van der Waals surface area contributed by atoms with Gasteiger partial charge in [0.25, 0.3) is 0 Å². The van der Waals surface area contributed by atoms with E-state index in [0.29, 0.717) is 17.9 Å². The maximum Gasteiger partial charge on any atom is 0.167 e. The zero-order valence-electron chi connectivity index (χ0n) is 12.1. The summed E-state index contributed by atoms with van der Waals surface area (Å²) in [4.78, 5) is 0. The minimum absolute atomic E-state index is 0.159. The molecular formula is C14H22N4O. The fraction of sp³-hybridized carbons (Fsp3) is 0.643. The molecule has 5 heteroatoms. The first kappa shape index (κ1) is 15.4. The average molecular weight is 262 g/mol. The number of aromatic nitrogens is 2. The SMILES string of the molecule is CCc1nnc(NCC(O)C(C)C)c(C#N)c1CC. The molecule has 0 aliphatic heterocycles. The Labute approximate surface area is 114 Å². The van der Waals surface area contributed by atoms with Crippen molar-refractivity contribution in [2.45, 2.75) is 46.6 Å². The number of nitrogens with zero attached hydrogens (tertiary/aromatic N) is 3. The van der Waals surface area contributed by atoms with Crippen molar-refractivity contribution in [3.8, 4) is 6.07 Å². The first-order valence-corrected chi connectivity index (χ1v) is 6.75. The Morgan fingerprint density at radius 3 is 2.42 bits per heavy atom. The first-order chi connectivity index (χ1) is 9.04. The zero-order chi connectivity index (χ0) is 14.4. The smallest absolute Gasteiger partial charge is 0.167 e. The van der Waals surface area contributed by atoms with Gasteiger partial charge >= 0.3 is 0 Å². The molecule has 2 N–H and O–H groups in total. The Morgan fingerprint density at radius 2 is 1.95 bits per heavy atom. The average Bonchev–Trinajstić information content (AvgIpc) is 2.42. The summed E-state index contributed by atoms with van der Waals surface area (Å²) in [5.74, 6) is 0.628. The normalized spacial score (nSPS) is 12.3. The lowest BCUT2D eigenvalue weighted by molar-refractivity contribution is 0.138. The van der Waals surface area contributed by atoms with Crippen molar-refractivity contribution >= 4 is 5.82 Å². The molecule has 0 aromatic carbocycles. The second kappa shape index (κ2) is 7.05. The molecule has 0 fully saturated rings. The molecule has 1 heterocycles. The third kappa shape index (κ3) is 3.65. The van der Waals surface area contributed by atoms with Crippen molar-refractivity contribution in [1.29, 1.82) is 5.26 Å². The Kier molecular flexibility index (Phi) is 5.71. The van der Waals surface area contributed by atoms with Crippen LogP contribution in [0.3, 0.4) is 0 Å². The van der Waals surface area contributed by atoms with Crippen molar-refractivity contribution < 1.29 is 5.11 Å². The molecule has 104 valence electrons. The molecule has 1 aromatic heterocycles. The monoisotopic (exact) mass is 262 g/mol. The summed E-state index contributed by atoms with van der Waals surface area (Å²) in [6, 6.07) is 2.20. The summed E-state index contributed by atoms with van der Waals surface area (Å²) in [5, 5.41) is 30.3. The van der Waals surface area contributed by atoms with Crippen LogP contribution in [0.25, 0.3) is 0 Å². The molecule has 1 atom stereocenters. The van der Waals surface area contributed by atoms with Crippen LogP contribution in [-0.2, 0) is 12.8 Å². The summed E-state index contributed by atoms with van der Waals surface area (Å²) in [7, 11) is 0. The molecule has 0 amide bonds. The van der Waals surface area contributed by atoms with Crippen LogP contribution >= 0.6 is 0 Å². The first-order valence-electron chi connectivity index (χ1n) is 6.75. The van der Waals surface area contributed by atoms with E-state index in [-0.39, 0.29) is 5.92 Å². The van der Waals surface area contributed by atoms with Crippen molar-refractivity contribution in [1.82, 2.24) is 10.2 Å². The molecule has 0 bridgehead atoms. The van der Waals surface area contributed by atoms with Gasteiger partial charge in [0.05, 0.1) is 11.8 Å². The van der Waals surface area contributed by atoms with Gasteiger partial charge in [0.1, 0.15) is 11.6 Å². The Hall–Kier alpha value is -1.67. The van der Waals surface area contributed by atoms with Crippen LogP contribution in [0, 0.1) is 17.2 Å². The van der Waals surface area contributed by atoms with Crippen LogP contribution < -0.4 is 5.32 Å². The number of aliphatic hydroxyl groups is 1. The summed E-state index contributed by atoms with van der Waals surface area (Å²) in [6.45, 7) is 8.27. The number of rotatable bonds is 6. The summed E-state index contributed by atoms with van der Waals surface area (Å²) >= 11 is 0. The van der Waals surface area contributed by atoms with E-state index in [1.165, 1.54) is 0 Å². The number of hydrogen-bond donors (Lipinski definition) is 2. The van der Waals surface area contributed by atoms with Crippen LogP contribution in [0.2, 0.25) is 0 Å². The number of nitriles is 1. The standard InChI is InChI=1S/C14H22N4O/c1-5-10-11(7-15)14(18-17-12(10)6-2)16-8-13(19)9(3)4/h9,13,19H,5-6,8H2,1-4H3,(H,16,18). The van der Waals surface area contributed by atoms with Gasteiger partial charge in [-0.3, -0.25) is 0 Å². The fourth-order valence-corrected chi connectivity index (χ4v) is 1.85. The van der Waals surface area contributed by atoms with E-state index in [2.05, 4.69) is 21.6 Å². The number of aliphatic hydroxyl groups excluding tert-OH is 1. The Bertz CT molecular complexity index is 465. The van der Waals surface area contributed by atoms with Gasteiger partial charge in [0.2, 0.25) is 0 Å². The lowest BCUT2D eigenvalue weighted by atomic mass is 10.0. The highest BCUT2D eigenvalue weighted by molar-refractivity contribution is 5.56. The summed E-state index contributed by atoms with van der Waals surface area (Å²) in [6.07, 6.45) is 1.05. The third-order valence-electron chi connectivity index (χ3n) is 3.21. The van der Waals surface area contributed by atoms with Gasteiger partial charge in [0, 0.05) is 6.54 Å². The van der Waals surface area contributed by atoms with E-state index in [1.807, 2.05) is 27.7 Å². The van der Waals surface area contributed by atoms with Gasteiger partial charge in [-0.05, 0) is 24.3 Å². The van der Waals surface area contributed by atoms with Crippen LogP contribution in [0.15, 0.2) is 0 Å². The molecule has 1 unspecified atom stereocenters. The molecule has 19 heavy (non-hydrogen) atoms. The van der Waals surface area contributed by atoms with Crippen LogP contribution in [0.1, 0.15) is 44.5 Å². The highest BCUT2D eigenvalue weighted by Gasteiger charge is 2.15. The van der Waals surface area contributed by atoms with Crippen molar-refractivity contribution in [2.75, 3.05) is 11.9 Å². The molecule has 0 radical (unpaired) electrons. The summed E-state index contributed by atoms with van der Waals surface area (Å²) < 4.78 is 0. The fourth-order valence-electron chi connectivity index (χ4n) is 1.85. The zero-order valence-corrected chi connectivity index (χ0v) is 12.1. The molecule has 1 rings (SSSR count). The van der Waals surface area contributed by atoms with Crippen molar-refractivity contribution in [2.24, 2.45) is 5.92 Å². The van der Waals surface area contributed by atoms with Gasteiger partial charge in [-0.25, -0.2) is 0 Å². The number of anilines is 1. The van der Waals surface area contributed by atoms with Crippen LogP contribution in [-0.4, -0.2) is 28.0 Å². The van der Waals surface area contributed by atoms with Gasteiger partial charge in [0.15, 0.2) is 5.82 Å². The quantitative estimate of drug-likeness (QED) is 0.818. The molecule has 0 aliphatic rings. The van der Waals surface area contributed by atoms with E-state index in [4.69, 9.17) is 0 Å². The summed E-state index contributed by atoms with van der Waals surface area (Å²) in [5.41, 5.74) is 2.36. The van der Waals surface area contributed by atoms with E-state index in [9.17, 15) is 10.4 Å². The van der Waals surface area contributed by atoms with E-state index < -0.39 is 6.10 Å². The van der Waals surface area contributed by atoms with Gasteiger partial charge < -0.3 is 10.4 Å². The lowest BCUT2D eigenvalue weighted by Gasteiger charge is -2.17. The topological polar surface area (TPSA) is 81.8 Å². The molecule has 0 spiro atoms. The number of aryl methyl sites for hydroxylation is 1. The molecule has 0 aliphatic carbocycles. The largest absolute Gasteiger partial charge is 0.391 e. The number of nitrogens with one attached hydrogen (secondary N) is 1. The van der Waals surface area contributed by atoms with Crippen molar-refractivity contribution in [3.63, 3.8) is 0 Å². The lowest BCUT2D eigenvalue weighted by Crippen LogP contribution is -2.26. The second-order valence-electron chi connectivity index (χ2n) is 4.86. The van der Waals surface area contributed by atoms with E-state index in [0.717, 1.165) is 24.1 Å². The van der Waals surface area contributed by atoms with Gasteiger partial charge in [-0.15, -0.1) is 5.10 Å².